The number of nitrogens with zero attached hydrogens (tertiary/aromatic N) is 1. The minimum Gasteiger partial charge on any atom is -0.504 e. The Morgan fingerprint density at radius 2 is 2.14 bits per heavy atom. The predicted octanol–water partition coefficient (Wildman–Crippen LogP) is 1.68. The molecule has 0 spiro atoms. The zero-order chi connectivity index (χ0) is 10.4. The standard InChI is InChI=1S/C11H9NO2/c12-8-4-3-6-9-5-1-2-7-10(13)11(9)14/h1-3,5-7H,4H2,(H,13,14). The van der Waals surface area contributed by atoms with Gasteiger partial charge in [-0.3, -0.25) is 4.79 Å². The SMILES string of the molecule is N#CCC=Cc1ccccc(=O)c1O. The van der Waals surface area contributed by atoms with Crippen LogP contribution in [0.2, 0.25) is 0 Å². The van der Waals surface area contributed by atoms with Gasteiger partial charge >= 0.3 is 0 Å². The van der Waals surface area contributed by atoms with Gasteiger partial charge in [0.15, 0.2) is 5.75 Å². The van der Waals surface area contributed by atoms with Crippen LogP contribution in [0.1, 0.15) is 12.0 Å². The fourth-order valence-electron chi connectivity index (χ4n) is 0.975. The second-order valence-electron chi connectivity index (χ2n) is 2.65. The molecule has 1 aromatic rings. The van der Waals surface area contributed by atoms with Gasteiger partial charge in [-0.05, 0) is 6.07 Å². The van der Waals surface area contributed by atoms with Gasteiger partial charge < -0.3 is 5.11 Å². The fraction of sp³-hybridized carbons (Fsp3) is 0.0909. The molecule has 70 valence electrons. The molecule has 0 radical (unpaired) electrons. The van der Waals surface area contributed by atoms with Gasteiger partial charge in [0.25, 0.3) is 0 Å². The molecule has 0 aliphatic rings. The molecule has 1 aromatic carbocycles. The molecule has 0 saturated heterocycles. The first-order valence-corrected chi connectivity index (χ1v) is 4.11. The van der Waals surface area contributed by atoms with E-state index in [1.54, 1.807) is 30.4 Å². The molecule has 14 heavy (non-hydrogen) atoms. The Labute approximate surface area is 81.6 Å². The van der Waals surface area contributed by atoms with Crippen LogP contribution in [-0.2, 0) is 0 Å². The Bertz CT molecular complexity index is 444. The highest BCUT2D eigenvalue weighted by Crippen LogP contribution is 2.11. The van der Waals surface area contributed by atoms with E-state index in [2.05, 4.69) is 0 Å². The molecule has 3 nitrogen and oxygen atoms in total. The lowest BCUT2D eigenvalue weighted by atomic mass is 10.2. The van der Waals surface area contributed by atoms with E-state index in [0.717, 1.165) is 0 Å². The molecule has 0 atom stereocenters. The molecule has 3 heteroatoms. The second-order valence-corrected chi connectivity index (χ2v) is 2.65. The molecule has 0 heterocycles. The van der Waals surface area contributed by atoms with Gasteiger partial charge in [0, 0.05) is 5.56 Å². The minimum atomic E-state index is -0.424. The van der Waals surface area contributed by atoms with Crippen molar-refractivity contribution < 1.29 is 5.11 Å². The highest BCUT2D eigenvalue weighted by molar-refractivity contribution is 5.55. The van der Waals surface area contributed by atoms with Crippen LogP contribution in [0, 0.1) is 11.3 Å². The summed E-state index contributed by atoms with van der Waals surface area (Å²) in [4.78, 5) is 11.1. The lowest BCUT2D eigenvalue weighted by Crippen LogP contribution is -1.93. The molecule has 1 N–H and O–H groups in total. The molecule has 1 rings (SSSR count). The number of hydrogen-bond donors (Lipinski definition) is 1. The van der Waals surface area contributed by atoms with Crippen LogP contribution < -0.4 is 5.43 Å². The van der Waals surface area contributed by atoms with Crippen LogP contribution >= 0.6 is 0 Å². The molecule has 0 aliphatic carbocycles. The summed E-state index contributed by atoms with van der Waals surface area (Å²) in [6, 6.07) is 8.06. The van der Waals surface area contributed by atoms with Crippen LogP contribution in [0.4, 0.5) is 0 Å². The van der Waals surface area contributed by atoms with Crippen LogP contribution in [0.3, 0.4) is 0 Å². The van der Waals surface area contributed by atoms with E-state index in [4.69, 9.17) is 5.26 Å². The lowest BCUT2D eigenvalue weighted by Gasteiger charge is -1.90. The maximum Gasteiger partial charge on any atom is 0.220 e. The van der Waals surface area contributed by atoms with Crippen LogP contribution in [0.25, 0.3) is 6.08 Å². The molecular formula is C11H9NO2. The normalized spacial score (nSPS) is 9.93. The Balaban J connectivity index is 3.12. The lowest BCUT2D eigenvalue weighted by molar-refractivity contribution is 0.470. The molecule has 0 amide bonds. The summed E-state index contributed by atoms with van der Waals surface area (Å²) in [5.41, 5.74) is 0.00172. The fourth-order valence-corrected chi connectivity index (χ4v) is 0.975. The summed E-state index contributed by atoms with van der Waals surface area (Å²) in [5, 5.41) is 17.7. The molecule has 0 aliphatic heterocycles. The average Bonchev–Trinajstić information content (AvgIpc) is 2.33. The third kappa shape index (κ3) is 2.46. The summed E-state index contributed by atoms with van der Waals surface area (Å²) < 4.78 is 0. The summed E-state index contributed by atoms with van der Waals surface area (Å²) in [7, 11) is 0. The first kappa shape index (κ1) is 10.0. The van der Waals surface area contributed by atoms with Gasteiger partial charge in [0.1, 0.15) is 0 Å². The van der Waals surface area contributed by atoms with Crippen molar-refractivity contribution in [3.05, 3.63) is 46.1 Å². The van der Waals surface area contributed by atoms with Gasteiger partial charge in [-0.2, -0.15) is 5.26 Å². The monoisotopic (exact) mass is 187 g/mol. The van der Waals surface area contributed by atoms with E-state index < -0.39 is 5.43 Å². The number of aromatic hydroxyl groups is 1. The summed E-state index contributed by atoms with van der Waals surface area (Å²) in [6.07, 6.45) is 3.40. The maximum atomic E-state index is 11.1. The van der Waals surface area contributed by atoms with E-state index in [1.807, 2.05) is 6.07 Å². The van der Waals surface area contributed by atoms with E-state index in [1.165, 1.54) is 6.07 Å². The van der Waals surface area contributed by atoms with Crippen molar-refractivity contribution in [2.75, 3.05) is 0 Å². The van der Waals surface area contributed by atoms with E-state index in [-0.39, 0.29) is 12.2 Å². The highest BCUT2D eigenvalue weighted by atomic mass is 16.3. The maximum absolute atomic E-state index is 11.1. The quantitative estimate of drug-likeness (QED) is 0.766. The smallest absolute Gasteiger partial charge is 0.220 e. The number of nitriles is 1. The first-order chi connectivity index (χ1) is 6.75. The van der Waals surface area contributed by atoms with Crippen molar-refractivity contribution in [2.45, 2.75) is 6.42 Å². The molecule has 0 saturated carbocycles. The number of hydrogen-bond acceptors (Lipinski definition) is 3. The van der Waals surface area contributed by atoms with Crippen molar-refractivity contribution >= 4 is 6.08 Å². The van der Waals surface area contributed by atoms with Crippen LogP contribution in [0.15, 0.2) is 35.1 Å². The number of allylic oxidation sites excluding steroid dienone is 1. The van der Waals surface area contributed by atoms with Gasteiger partial charge in [0.2, 0.25) is 5.43 Å². The highest BCUT2D eigenvalue weighted by Gasteiger charge is 1.97. The first-order valence-electron chi connectivity index (χ1n) is 4.11. The molecule has 0 bridgehead atoms. The minimum absolute atomic E-state index is 0.256. The zero-order valence-electron chi connectivity index (χ0n) is 7.47. The van der Waals surface area contributed by atoms with Crippen molar-refractivity contribution in [3.8, 4) is 11.8 Å². The second kappa shape index (κ2) is 4.83. The Kier molecular flexibility index (Phi) is 3.45. The number of rotatable bonds is 2. The topological polar surface area (TPSA) is 61.1 Å². The zero-order valence-corrected chi connectivity index (χ0v) is 7.47. The van der Waals surface area contributed by atoms with Crippen molar-refractivity contribution in [2.24, 2.45) is 0 Å². The van der Waals surface area contributed by atoms with E-state index in [9.17, 15) is 9.90 Å². The third-order valence-electron chi connectivity index (χ3n) is 1.65. The predicted molar refractivity (Wildman–Crippen MR) is 53.6 cm³/mol. The largest absolute Gasteiger partial charge is 0.504 e. The van der Waals surface area contributed by atoms with Crippen LogP contribution in [-0.4, -0.2) is 5.11 Å². The van der Waals surface area contributed by atoms with Gasteiger partial charge in [0.05, 0.1) is 12.5 Å². The average molecular weight is 187 g/mol. The summed E-state index contributed by atoms with van der Waals surface area (Å²) in [6.45, 7) is 0. The van der Waals surface area contributed by atoms with Gasteiger partial charge in [-0.15, -0.1) is 0 Å². The molecule has 0 fully saturated rings. The van der Waals surface area contributed by atoms with Gasteiger partial charge in [-0.1, -0.05) is 30.4 Å². The van der Waals surface area contributed by atoms with Crippen molar-refractivity contribution in [1.29, 1.82) is 5.26 Å². The molecule has 0 unspecified atom stereocenters. The Morgan fingerprint density at radius 3 is 2.86 bits per heavy atom. The third-order valence-corrected chi connectivity index (χ3v) is 1.65. The van der Waals surface area contributed by atoms with Crippen molar-refractivity contribution in [3.63, 3.8) is 0 Å². The Morgan fingerprint density at radius 1 is 1.43 bits per heavy atom. The summed E-state index contributed by atoms with van der Waals surface area (Å²) >= 11 is 0. The Hall–Kier alpha value is -2.08. The van der Waals surface area contributed by atoms with Crippen LogP contribution in [0.5, 0.6) is 5.75 Å². The van der Waals surface area contributed by atoms with E-state index in [0.29, 0.717) is 5.56 Å². The molecule has 0 aromatic heterocycles. The van der Waals surface area contributed by atoms with Gasteiger partial charge in [-0.25, -0.2) is 0 Å². The molecular weight excluding hydrogens is 178 g/mol. The van der Waals surface area contributed by atoms with E-state index >= 15 is 0 Å². The summed E-state index contributed by atoms with van der Waals surface area (Å²) in [5.74, 6) is -0.288. The van der Waals surface area contributed by atoms with Crippen molar-refractivity contribution in [1.82, 2.24) is 0 Å².